The standard InChI is InChI=1S/C11H21N3O2/c1-8-6-9(7-14(8)10-2-3-10)13-4-5-16-11(12)15/h8-10,13H,2-7H2,1H3,(H2,12,15). The molecule has 2 atom stereocenters. The minimum absolute atomic E-state index is 0.365. The Bertz CT molecular complexity index is 256. The van der Waals surface area contributed by atoms with Crippen LogP contribution in [0.3, 0.4) is 0 Å². The van der Waals surface area contributed by atoms with Crippen LogP contribution in [0.2, 0.25) is 0 Å². The van der Waals surface area contributed by atoms with Crippen molar-refractivity contribution >= 4 is 6.09 Å². The molecule has 0 aromatic carbocycles. The number of ether oxygens (including phenoxy) is 1. The van der Waals surface area contributed by atoms with Crippen molar-refractivity contribution < 1.29 is 9.53 Å². The van der Waals surface area contributed by atoms with Crippen LogP contribution in [-0.4, -0.2) is 48.8 Å². The fourth-order valence-electron chi connectivity index (χ4n) is 2.53. The third-order valence-corrected chi connectivity index (χ3v) is 3.42. The number of carbonyl (C=O) groups is 1. The van der Waals surface area contributed by atoms with Crippen molar-refractivity contribution in [3.05, 3.63) is 0 Å². The second kappa shape index (κ2) is 5.01. The largest absolute Gasteiger partial charge is 0.448 e. The second-order valence-electron chi connectivity index (χ2n) is 4.83. The van der Waals surface area contributed by atoms with Gasteiger partial charge in [-0.3, -0.25) is 4.90 Å². The first-order valence-electron chi connectivity index (χ1n) is 6.08. The Morgan fingerprint density at radius 2 is 2.31 bits per heavy atom. The van der Waals surface area contributed by atoms with E-state index in [0.29, 0.717) is 25.2 Å². The molecule has 0 aromatic heterocycles. The van der Waals surface area contributed by atoms with Crippen LogP contribution in [0.25, 0.3) is 0 Å². The van der Waals surface area contributed by atoms with Gasteiger partial charge in [-0.25, -0.2) is 4.79 Å². The number of hydrogen-bond acceptors (Lipinski definition) is 4. The number of nitrogens with zero attached hydrogens (tertiary/aromatic N) is 1. The van der Waals surface area contributed by atoms with Gasteiger partial charge in [-0.15, -0.1) is 0 Å². The summed E-state index contributed by atoms with van der Waals surface area (Å²) in [7, 11) is 0. The topological polar surface area (TPSA) is 67.6 Å². The molecule has 2 unspecified atom stereocenters. The Morgan fingerprint density at radius 3 is 2.94 bits per heavy atom. The normalized spacial score (nSPS) is 30.6. The predicted molar refractivity (Wildman–Crippen MR) is 61.1 cm³/mol. The quantitative estimate of drug-likeness (QED) is 0.663. The van der Waals surface area contributed by atoms with Crippen molar-refractivity contribution in [2.45, 2.75) is 44.3 Å². The Hall–Kier alpha value is -0.810. The van der Waals surface area contributed by atoms with E-state index in [-0.39, 0.29) is 0 Å². The van der Waals surface area contributed by atoms with Crippen LogP contribution in [0, 0.1) is 0 Å². The van der Waals surface area contributed by atoms with Gasteiger partial charge in [0.15, 0.2) is 0 Å². The van der Waals surface area contributed by atoms with E-state index in [2.05, 4.69) is 21.9 Å². The van der Waals surface area contributed by atoms with Crippen molar-refractivity contribution in [1.82, 2.24) is 10.2 Å². The average molecular weight is 227 g/mol. The molecule has 1 amide bonds. The van der Waals surface area contributed by atoms with Crippen LogP contribution in [0.5, 0.6) is 0 Å². The lowest BCUT2D eigenvalue weighted by Gasteiger charge is -2.19. The molecule has 0 spiro atoms. The molecule has 1 heterocycles. The van der Waals surface area contributed by atoms with Gasteiger partial charge in [0.05, 0.1) is 0 Å². The molecule has 2 aliphatic rings. The highest BCUT2D eigenvalue weighted by molar-refractivity contribution is 5.64. The van der Waals surface area contributed by atoms with E-state index in [1.54, 1.807) is 0 Å². The minimum atomic E-state index is -0.693. The van der Waals surface area contributed by atoms with E-state index < -0.39 is 6.09 Å². The Balaban J connectivity index is 1.62. The molecule has 1 aliphatic heterocycles. The molecule has 3 N–H and O–H groups in total. The number of amides is 1. The Kier molecular flexibility index (Phi) is 3.66. The SMILES string of the molecule is CC1CC(NCCOC(N)=O)CN1C1CC1. The molecule has 1 saturated carbocycles. The number of carbonyl (C=O) groups excluding carboxylic acids is 1. The molecule has 0 bridgehead atoms. The molecular formula is C11H21N3O2. The summed E-state index contributed by atoms with van der Waals surface area (Å²) in [5.41, 5.74) is 4.88. The molecule has 2 rings (SSSR count). The van der Waals surface area contributed by atoms with Crippen molar-refractivity contribution in [2.75, 3.05) is 19.7 Å². The van der Waals surface area contributed by atoms with Crippen LogP contribution in [-0.2, 0) is 4.74 Å². The lowest BCUT2D eigenvalue weighted by molar-refractivity contribution is 0.156. The fraction of sp³-hybridized carbons (Fsp3) is 0.909. The first-order chi connectivity index (χ1) is 7.66. The Morgan fingerprint density at radius 1 is 1.56 bits per heavy atom. The fourth-order valence-corrected chi connectivity index (χ4v) is 2.53. The number of hydrogen-bond donors (Lipinski definition) is 2. The van der Waals surface area contributed by atoms with E-state index in [1.807, 2.05) is 0 Å². The van der Waals surface area contributed by atoms with E-state index in [4.69, 9.17) is 5.73 Å². The van der Waals surface area contributed by atoms with Crippen molar-refractivity contribution in [1.29, 1.82) is 0 Å². The zero-order valence-electron chi connectivity index (χ0n) is 9.82. The highest BCUT2D eigenvalue weighted by Gasteiger charge is 2.38. The first kappa shape index (κ1) is 11.7. The monoisotopic (exact) mass is 227 g/mol. The van der Waals surface area contributed by atoms with Gasteiger partial charge >= 0.3 is 6.09 Å². The third-order valence-electron chi connectivity index (χ3n) is 3.42. The zero-order chi connectivity index (χ0) is 11.5. The molecule has 0 radical (unpaired) electrons. The Labute approximate surface area is 96.3 Å². The lowest BCUT2D eigenvalue weighted by atomic mass is 10.2. The highest BCUT2D eigenvalue weighted by Crippen LogP contribution is 2.33. The third kappa shape index (κ3) is 3.09. The number of nitrogens with two attached hydrogens (primary N) is 1. The highest BCUT2D eigenvalue weighted by atomic mass is 16.5. The van der Waals surface area contributed by atoms with Crippen LogP contribution in [0.15, 0.2) is 0 Å². The maximum Gasteiger partial charge on any atom is 0.404 e. The summed E-state index contributed by atoms with van der Waals surface area (Å²) in [5, 5.41) is 3.41. The van der Waals surface area contributed by atoms with Gasteiger partial charge in [-0.1, -0.05) is 0 Å². The summed E-state index contributed by atoms with van der Waals surface area (Å²) < 4.78 is 4.68. The van der Waals surface area contributed by atoms with Crippen LogP contribution in [0.4, 0.5) is 4.79 Å². The summed E-state index contributed by atoms with van der Waals surface area (Å²) in [5.74, 6) is 0. The van der Waals surface area contributed by atoms with Crippen molar-refractivity contribution in [3.63, 3.8) is 0 Å². The van der Waals surface area contributed by atoms with Gasteiger partial charge in [0.2, 0.25) is 0 Å². The lowest BCUT2D eigenvalue weighted by Crippen LogP contribution is -2.36. The maximum atomic E-state index is 10.4. The van der Waals surface area contributed by atoms with Crippen molar-refractivity contribution in [3.8, 4) is 0 Å². The summed E-state index contributed by atoms with van der Waals surface area (Å²) >= 11 is 0. The summed E-state index contributed by atoms with van der Waals surface area (Å²) in [6, 6.07) is 2.05. The maximum absolute atomic E-state index is 10.4. The van der Waals surface area contributed by atoms with Crippen LogP contribution >= 0.6 is 0 Å². The molecule has 16 heavy (non-hydrogen) atoms. The van der Waals surface area contributed by atoms with E-state index >= 15 is 0 Å². The molecule has 5 nitrogen and oxygen atoms in total. The van der Waals surface area contributed by atoms with Gasteiger partial charge in [0.25, 0.3) is 0 Å². The average Bonchev–Trinajstić information content (AvgIpc) is 2.98. The second-order valence-corrected chi connectivity index (χ2v) is 4.83. The van der Waals surface area contributed by atoms with Gasteiger partial charge < -0.3 is 15.8 Å². The molecule has 1 saturated heterocycles. The van der Waals surface area contributed by atoms with E-state index in [0.717, 1.165) is 12.6 Å². The van der Waals surface area contributed by atoms with Crippen molar-refractivity contribution in [2.24, 2.45) is 5.73 Å². The number of primary amides is 1. The first-order valence-corrected chi connectivity index (χ1v) is 6.08. The number of likely N-dealkylation sites (tertiary alicyclic amines) is 1. The van der Waals surface area contributed by atoms with Gasteiger partial charge in [-0.05, 0) is 26.2 Å². The minimum Gasteiger partial charge on any atom is -0.448 e. The van der Waals surface area contributed by atoms with Gasteiger partial charge in [0.1, 0.15) is 6.61 Å². The van der Waals surface area contributed by atoms with Crippen LogP contribution < -0.4 is 11.1 Å². The molecule has 5 heteroatoms. The predicted octanol–water partition coefficient (Wildman–Crippen LogP) is 0.297. The summed E-state index contributed by atoms with van der Waals surface area (Å²) in [6.45, 7) is 4.48. The van der Waals surface area contributed by atoms with E-state index in [9.17, 15) is 4.79 Å². The van der Waals surface area contributed by atoms with Crippen LogP contribution in [0.1, 0.15) is 26.2 Å². The van der Waals surface area contributed by atoms with Gasteiger partial charge in [0, 0.05) is 31.2 Å². The summed E-state index contributed by atoms with van der Waals surface area (Å²) in [4.78, 5) is 13.0. The molecule has 1 aliphatic carbocycles. The van der Waals surface area contributed by atoms with Gasteiger partial charge in [-0.2, -0.15) is 0 Å². The zero-order valence-corrected chi connectivity index (χ0v) is 9.82. The summed E-state index contributed by atoms with van der Waals surface area (Å²) in [6.07, 6.45) is 3.22. The van der Waals surface area contributed by atoms with E-state index in [1.165, 1.54) is 19.3 Å². The molecule has 0 aromatic rings. The number of nitrogens with one attached hydrogen (secondary N) is 1. The smallest absolute Gasteiger partial charge is 0.404 e. The molecule has 2 fully saturated rings. The molecular weight excluding hydrogens is 206 g/mol. The number of rotatable bonds is 5. The molecule has 92 valence electrons.